The predicted molar refractivity (Wildman–Crippen MR) is 74.4 cm³/mol. The summed E-state index contributed by atoms with van der Waals surface area (Å²) in [5.41, 5.74) is 6.31. The van der Waals surface area contributed by atoms with Crippen molar-refractivity contribution < 1.29 is 0 Å². The third-order valence-electron chi connectivity index (χ3n) is 4.67. The van der Waals surface area contributed by atoms with Gasteiger partial charge in [0.2, 0.25) is 5.13 Å². The summed E-state index contributed by atoms with van der Waals surface area (Å²) >= 11 is 1.52. The fourth-order valence-corrected chi connectivity index (χ4v) is 4.16. The summed E-state index contributed by atoms with van der Waals surface area (Å²) in [5.74, 6) is 0. The zero-order valence-corrected chi connectivity index (χ0v) is 11.7. The van der Waals surface area contributed by atoms with E-state index in [-0.39, 0.29) is 0 Å². The van der Waals surface area contributed by atoms with E-state index in [1.54, 1.807) is 0 Å². The van der Waals surface area contributed by atoms with E-state index in [1.165, 1.54) is 69.4 Å². The van der Waals surface area contributed by atoms with Crippen LogP contribution in [0.2, 0.25) is 0 Å². The zero-order chi connectivity index (χ0) is 12.4. The van der Waals surface area contributed by atoms with Crippen LogP contribution in [0.15, 0.2) is 0 Å². The lowest BCUT2D eigenvalue weighted by Gasteiger charge is -2.44. The largest absolute Gasteiger partial charge is 0.374 e. The Morgan fingerprint density at radius 3 is 2.39 bits per heavy atom. The van der Waals surface area contributed by atoms with Crippen molar-refractivity contribution in [3.63, 3.8) is 0 Å². The summed E-state index contributed by atoms with van der Waals surface area (Å²) in [4.78, 5) is 2.51. The highest BCUT2D eigenvalue weighted by Gasteiger charge is 2.35. The third kappa shape index (κ3) is 2.67. The molecule has 18 heavy (non-hydrogen) atoms. The molecule has 100 valence electrons. The smallest absolute Gasteiger partial charge is 0.203 e. The monoisotopic (exact) mass is 266 g/mol. The van der Waals surface area contributed by atoms with Crippen molar-refractivity contribution >= 4 is 16.5 Å². The summed E-state index contributed by atoms with van der Waals surface area (Å²) in [5, 5.41) is 9.65. The Balaban J connectivity index is 1.53. The van der Waals surface area contributed by atoms with E-state index < -0.39 is 0 Å². The average molecular weight is 266 g/mol. The molecule has 2 heterocycles. The van der Waals surface area contributed by atoms with Gasteiger partial charge in [-0.25, -0.2) is 0 Å². The van der Waals surface area contributed by atoms with E-state index in [2.05, 4.69) is 15.1 Å². The molecule has 4 nitrogen and oxygen atoms in total. The molecule has 3 rings (SSSR count). The second kappa shape index (κ2) is 5.13. The van der Waals surface area contributed by atoms with E-state index in [1.807, 2.05) is 0 Å². The van der Waals surface area contributed by atoms with E-state index in [4.69, 9.17) is 5.73 Å². The first-order valence-corrected chi connectivity index (χ1v) is 7.88. The van der Waals surface area contributed by atoms with Crippen LogP contribution in [0.4, 0.5) is 5.13 Å². The lowest BCUT2D eigenvalue weighted by Crippen LogP contribution is -2.40. The van der Waals surface area contributed by atoms with Crippen LogP contribution in [0.5, 0.6) is 0 Å². The molecule has 1 spiro atoms. The molecule has 0 bridgehead atoms. The molecule has 0 radical (unpaired) electrons. The summed E-state index contributed by atoms with van der Waals surface area (Å²) in [6.45, 7) is 3.38. The maximum atomic E-state index is 5.62. The van der Waals surface area contributed by atoms with Gasteiger partial charge in [-0.1, -0.05) is 30.6 Å². The third-order valence-corrected chi connectivity index (χ3v) is 5.41. The van der Waals surface area contributed by atoms with Gasteiger partial charge in [0.15, 0.2) is 0 Å². The van der Waals surface area contributed by atoms with Crippen LogP contribution < -0.4 is 5.73 Å². The number of anilines is 1. The predicted octanol–water partition coefficient (Wildman–Crippen LogP) is 2.67. The van der Waals surface area contributed by atoms with Crippen molar-refractivity contribution in [3.8, 4) is 0 Å². The van der Waals surface area contributed by atoms with Crippen LogP contribution in [-0.2, 0) is 6.54 Å². The van der Waals surface area contributed by atoms with Crippen LogP contribution in [0.1, 0.15) is 50.0 Å². The van der Waals surface area contributed by atoms with E-state index in [0.29, 0.717) is 10.5 Å². The van der Waals surface area contributed by atoms with Crippen molar-refractivity contribution in [2.75, 3.05) is 18.8 Å². The number of nitrogen functional groups attached to an aromatic ring is 1. The Bertz CT molecular complexity index is 387. The van der Waals surface area contributed by atoms with Gasteiger partial charge in [0.25, 0.3) is 0 Å². The van der Waals surface area contributed by atoms with Crippen molar-refractivity contribution in [2.45, 2.75) is 51.5 Å². The Morgan fingerprint density at radius 2 is 1.78 bits per heavy atom. The summed E-state index contributed by atoms with van der Waals surface area (Å²) < 4.78 is 0. The zero-order valence-electron chi connectivity index (χ0n) is 10.9. The minimum Gasteiger partial charge on any atom is -0.374 e. The molecule has 2 N–H and O–H groups in total. The topological polar surface area (TPSA) is 55.0 Å². The van der Waals surface area contributed by atoms with Crippen LogP contribution in [0.25, 0.3) is 0 Å². The molecule has 1 aromatic rings. The molecule has 0 atom stereocenters. The van der Waals surface area contributed by atoms with Gasteiger partial charge >= 0.3 is 0 Å². The standard InChI is InChI=1S/C13H22N4S/c14-12-16-15-11(18-12)10-17-8-6-13(7-9-17)4-2-1-3-5-13/h1-10H2,(H2,14,16). The minimum atomic E-state index is 0.589. The molecular weight excluding hydrogens is 244 g/mol. The maximum absolute atomic E-state index is 5.62. The summed E-state index contributed by atoms with van der Waals surface area (Å²) in [7, 11) is 0. The minimum absolute atomic E-state index is 0.589. The molecule has 5 heteroatoms. The molecule has 0 aromatic carbocycles. The normalized spacial score (nSPS) is 24.4. The van der Waals surface area contributed by atoms with Crippen LogP contribution in [-0.4, -0.2) is 28.2 Å². The molecule has 2 fully saturated rings. The SMILES string of the molecule is Nc1nnc(CN2CCC3(CCCCC3)CC2)s1. The van der Waals surface area contributed by atoms with E-state index in [9.17, 15) is 0 Å². The van der Waals surface area contributed by atoms with Crippen LogP contribution >= 0.6 is 11.3 Å². The van der Waals surface area contributed by atoms with E-state index in [0.717, 1.165) is 11.6 Å². The van der Waals surface area contributed by atoms with Gasteiger partial charge in [0.05, 0.1) is 6.54 Å². The van der Waals surface area contributed by atoms with Crippen molar-refractivity contribution in [1.82, 2.24) is 15.1 Å². The number of hydrogen-bond acceptors (Lipinski definition) is 5. The molecular formula is C13H22N4S. The molecule has 1 aromatic heterocycles. The molecule has 1 aliphatic carbocycles. The first-order valence-electron chi connectivity index (χ1n) is 7.06. The molecule has 2 aliphatic rings. The molecule has 1 saturated heterocycles. The Kier molecular flexibility index (Phi) is 3.52. The van der Waals surface area contributed by atoms with Crippen molar-refractivity contribution in [2.24, 2.45) is 5.41 Å². The van der Waals surface area contributed by atoms with Crippen molar-refractivity contribution in [1.29, 1.82) is 0 Å². The van der Waals surface area contributed by atoms with E-state index >= 15 is 0 Å². The van der Waals surface area contributed by atoms with Gasteiger partial charge in [0.1, 0.15) is 5.01 Å². The molecule has 1 saturated carbocycles. The van der Waals surface area contributed by atoms with Gasteiger partial charge in [-0.2, -0.15) is 0 Å². The highest BCUT2D eigenvalue weighted by molar-refractivity contribution is 7.15. The number of aromatic nitrogens is 2. The quantitative estimate of drug-likeness (QED) is 0.894. The maximum Gasteiger partial charge on any atom is 0.203 e. The molecule has 0 amide bonds. The van der Waals surface area contributed by atoms with Crippen molar-refractivity contribution in [3.05, 3.63) is 5.01 Å². The van der Waals surface area contributed by atoms with Crippen LogP contribution in [0, 0.1) is 5.41 Å². The number of rotatable bonds is 2. The lowest BCUT2D eigenvalue weighted by atomic mass is 9.68. The molecule has 1 aliphatic heterocycles. The summed E-state index contributed by atoms with van der Waals surface area (Å²) in [6.07, 6.45) is 10.0. The number of nitrogens with zero attached hydrogens (tertiary/aromatic N) is 3. The second-order valence-electron chi connectivity index (χ2n) is 5.87. The Labute approximate surface area is 113 Å². The van der Waals surface area contributed by atoms with Gasteiger partial charge in [-0.15, -0.1) is 10.2 Å². The Morgan fingerprint density at radius 1 is 1.06 bits per heavy atom. The fraction of sp³-hybridized carbons (Fsp3) is 0.846. The number of nitrogens with two attached hydrogens (primary N) is 1. The second-order valence-corrected chi connectivity index (χ2v) is 6.96. The fourth-order valence-electron chi connectivity index (χ4n) is 3.51. The highest BCUT2D eigenvalue weighted by Crippen LogP contribution is 2.44. The van der Waals surface area contributed by atoms with Gasteiger partial charge in [0, 0.05) is 0 Å². The summed E-state index contributed by atoms with van der Waals surface area (Å²) in [6, 6.07) is 0. The first-order chi connectivity index (χ1) is 8.76. The molecule has 0 unspecified atom stereocenters. The van der Waals surface area contributed by atoms with Gasteiger partial charge in [-0.3, -0.25) is 4.90 Å². The van der Waals surface area contributed by atoms with Gasteiger partial charge < -0.3 is 5.73 Å². The number of hydrogen-bond donors (Lipinski definition) is 1. The number of likely N-dealkylation sites (tertiary alicyclic amines) is 1. The first kappa shape index (κ1) is 12.4. The van der Waals surface area contributed by atoms with Gasteiger partial charge in [-0.05, 0) is 44.2 Å². The Hall–Kier alpha value is -0.680. The lowest BCUT2D eigenvalue weighted by molar-refractivity contribution is 0.0640. The number of piperidine rings is 1. The highest BCUT2D eigenvalue weighted by atomic mass is 32.1. The average Bonchev–Trinajstić information content (AvgIpc) is 2.79. The van der Waals surface area contributed by atoms with Crippen LogP contribution in [0.3, 0.4) is 0 Å².